The van der Waals surface area contributed by atoms with Crippen molar-refractivity contribution in [2.24, 2.45) is 0 Å². The van der Waals surface area contributed by atoms with E-state index in [-0.39, 0.29) is 17.5 Å². The number of nitrogens with one attached hydrogen (secondary N) is 2. The number of anilines is 3. The molecule has 2 aliphatic heterocycles. The van der Waals surface area contributed by atoms with Gasteiger partial charge in [-0.15, -0.1) is 0 Å². The van der Waals surface area contributed by atoms with Crippen LogP contribution in [0.4, 0.5) is 21.8 Å². The molecule has 0 atom stereocenters. The summed E-state index contributed by atoms with van der Waals surface area (Å²) in [4.78, 5) is 31.4. The summed E-state index contributed by atoms with van der Waals surface area (Å²) in [5, 5.41) is 7.07. The van der Waals surface area contributed by atoms with E-state index in [4.69, 9.17) is 4.98 Å². The average molecular weight is 475 g/mol. The van der Waals surface area contributed by atoms with Gasteiger partial charge in [-0.3, -0.25) is 4.79 Å². The van der Waals surface area contributed by atoms with E-state index >= 15 is 4.39 Å². The minimum absolute atomic E-state index is 0.118. The maximum absolute atomic E-state index is 15.0. The molecule has 0 saturated carbocycles. The van der Waals surface area contributed by atoms with E-state index < -0.39 is 5.95 Å². The number of aromatic nitrogens is 5. The van der Waals surface area contributed by atoms with Gasteiger partial charge in [0.2, 0.25) is 17.8 Å². The summed E-state index contributed by atoms with van der Waals surface area (Å²) in [6.07, 6.45) is 6.63. The number of pyridine rings is 1. The number of imidazole rings is 1. The van der Waals surface area contributed by atoms with E-state index in [1.54, 1.807) is 18.3 Å². The topological polar surface area (TPSA) is 101 Å². The van der Waals surface area contributed by atoms with Crippen molar-refractivity contribution in [1.82, 2.24) is 29.8 Å². The number of piperidine rings is 1. The number of benzene rings is 1. The van der Waals surface area contributed by atoms with E-state index in [0.29, 0.717) is 37.0 Å². The first kappa shape index (κ1) is 21.7. The molecule has 2 fully saturated rings. The molecule has 4 aromatic rings. The predicted octanol–water partition coefficient (Wildman–Crippen LogP) is 4.09. The van der Waals surface area contributed by atoms with Gasteiger partial charge >= 0.3 is 0 Å². The normalized spacial score (nSPS) is 17.6. The van der Waals surface area contributed by atoms with E-state index in [2.05, 4.69) is 44.0 Å². The number of hydrogen-bond acceptors (Lipinski definition) is 7. The van der Waals surface area contributed by atoms with Gasteiger partial charge in [-0.1, -0.05) is 0 Å². The van der Waals surface area contributed by atoms with Gasteiger partial charge in [-0.05, 0) is 57.4 Å². The minimum Gasteiger partial charge on any atom is -0.368 e. The van der Waals surface area contributed by atoms with Crippen molar-refractivity contribution in [3.8, 4) is 0 Å². The van der Waals surface area contributed by atoms with Crippen LogP contribution in [0.1, 0.15) is 45.6 Å². The highest BCUT2D eigenvalue weighted by Crippen LogP contribution is 2.34. The standard InChI is InChI=1S/C25H27FN8O/c1-15(2)34-14-28-17-4-3-16-13-27-24(31-21(16)22(17)34)30-19-6-5-18(23(26)29-19)33-11-9-25(10-12-33)8-7-20(35)32-25/h3-6,13-15H,7-12H2,1-2H3,(H,32,35)(H,27,29,30,31). The number of nitrogens with zero attached hydrogens (tertiary/aromatic N) is 6. The van der Waals surface area contributed by atoms with Crippen LogP contribution < -0.4 is 15.5 Å². The summed E-state index contributed by atoms with van der Waals surface area (Å²) in [5.41, 5.74) is 2.94. The number of carbonyl (C=O) groups is 1. The molecule has 2 N–H and O–H groups in total. The molecule has 0 radical (unpaired) electrons. The van der Waals surface area contributed by atoms with Crippen LogP contribution in [0.3, 0.4) is 0 Å². The summed E-state index contributed by atoms with van der Waals surface area (Å²) in [6, 6.07) is 7.63. The van der Waals surface area contributed by atoms with Crippen LogP contribution in [0.15, 0.2) is 36.8 Å². The Hall–Kier alpha value is -3.82. The van der Waals surface area contributed by atoms with Crippen molar-refractivity contribution >= 4 is 45.3 Å². The summed E-state index contributed by atoms with van der Waals surface area (Å²) in [7, 11) is 0. The Morgan fingerprint density at radius 2 is 1.91 bits per heavy atom. The lowest BCUT2D eigenvalue weighted by molar-refractivity contribution is -0.119. The molecule has 6 rings (SSSR count). The second-order valence-electron chi connectivity index (χ2n) is 9.76. The average Bonchev–Trinajstić information content (AvgIpc) is 3.44. The molecule has 1 spiro atoms. The molecule has 10 heteroatoms. The van der Waals surface area contributed by atoms with Gasteiger partial charge in [0, 0.05) is 42.7 Å². The van der Waals surface area contributed by atoms with E-state index in [1.165, 1.54) is 0 Å². The maximum Gasteiger partial charge on any atom is 0.238 e. The predicted molar refractivity (Wildman–Crippen MR) is 132 cm³/mol. The Balaban J connectivity index is 1.23. The Labute approximate surface area is 201 Å². The fraction of sp³-hybridized carbons (Fsp3) is 0.400. The first-order chi connectivity index (χ1) is 16.9. The smallest absolute Gasteiger partial charge is 0.238 e. The fourth-order valence-electron chi connectivity index (χ4n) is 5.24. The number of rotatable bonds is 4. The van der Waals surface area contributed by atoms with Crippen LogP contribution in [0.2, 0.25) is 0 Å². The lowest BCUT2D eigenvalue weighted by Gasteiger charge is -2.40. The van der Waals surface area contributed by atoms with Crippen molar-refractivity contribution in [2.45, 2.75) is 51.1 Å². The van der Waals surface area contributed by atoms with Crippen molar-refractivity contribution < 1.29 is 9.18 Å². The molecule has 35 heavy (non-hydrogen) atoms. The molecule has 180 valence electrons. The number of hydrogen-bond donors (Lipinski definition) is 2. The molecular weight excluding hydrogens is 447 g/mol. The zero-order valence-corrected chi connectivity index (χ0v) is 19.8. The number of carbonyl (C=O) groups excluding carboxylic acids is 1. The lowest BCUT2D eigenvalue weighted by atomic mass is 9.86. The summed E-state index contributed by atoms with van der Waals surface area (Å²) in [5.74, 6) is 0.263. The van der Waals surface area contributed by atoms with Crippen molar-refractivity contribution in [3.05, 3.63) is 42.7 Å². The van der Waals surface area contributed by atoms with Crippen LogP contribution in [0.5, 0.6) is 0 Å². The van der Waals surface area contributed by atoms with Gasteiger partial charge in [-0.25, -0.2) is 19.9 Å². The number of amides is 1. The third-order valence-electron chi connectivity index (χ3n) is 7.21. The molecule has 9 nitrogen and oxygen atoms in total. The van der Waals surface area contributed by atoms with Gasteiger partial charge in [0.25, 0.3) is 0 Å². The van der Waals surface area contributed by atoms with Gasteiger partial charge in [0.05, 0.1) is 23.0 Å². The first-order valence-electron chi connectivity index (χ1n) is 12.0. The molecule has 0 bridgehead atoms. The molecule has 3 aromatic heterocycles. The van der Waals surface area contributed by atoms with Crippen LogP contribution >= 0.6 is 0 Å². The molecular formula is C25H27FN8O. The molecule has 5 heterocycles. The third kappa shape index (κ3) is 3.82. The SMILES string of the molecule is CC(C)n1cnc2ccc3cnc(Nc4ccc(N5CCC6(CCC(=O)N6)CC5)c(F)n4)nc3c21. The van der Waals surface area contributed by atoms with Crippen molar-refractivity contribution in [2.75, 3.05) is 23.3 Å². The highest BCUT2D eigenvalue weighted by Gasteiger charge is 2.40. The molecule has 2 saturated heterocycles. The summed E-state index contributed by atoms with van der Waals surface area (Å²) < 4.78 is 17.1. The minimum atomic E-state index is -0.539. The second kappa shape index (κ2) is 8.14. The van der Waals surface area contributed by atoms with E-state index in [0.717, 1.165) is 41.2 Å². The van der Waals surface area contributed by atoms with Gasteiger partial charge in [0.1, 0.15) is 11.3 Å². The van der Waals surface area contributed by atoms with Crippen molar-refractivity contribution in [3.63, 3.8) is 0 Å². The molecule has 1 amide bonds. The Morgan fingerprint density at radius 3 is 2.63 bits per heavy atom. The van der Waals surface area contributed by atoms with Crippen LogP contribution in [0.25, 0.3) is 21.9 Å². The second-order valence-corrected chi connectivity index (χ2v) is 9.76. The molecule has 1 aromatic carbocycles. The fourth-order valence-corrected chi connectivity index (χ4v) is 5.24. The quantitative estimate of drug-likeness (QED) is 0.430. The summed E-state index contributed by atoms with van der Waals surface area (Å²) in [6.45, 7) is 5.55. The first-order valence-corrected chi connectivity index (χ1v) is 12.0. The monoisotopic (exact) mass is 474 g/mol. The zero-order chi connectivity index (χ0) is 24.2. The number of halogens is 1. The Morgan fingerprint density at radius 1 is 1.09 bits per heavy atom. The molecule has 0 unspecified atom stereocenters. The van der Waals surface area contributed by atoms with Crippen LogP contribution in [-0.2, 0) is 4.79 Å². The van der Waals surface area contributed by atoms with Crippen LogP contribution in [-0.4, -0.2) is 49.0 Å². The lowest BCUT2D eigenvalue weighted by Crippen LogP contribution is -2.51. The Bertz CT molecular complexity index is 1440. The zero-order valence-electron chi connectivity index (χ0n) is 19.8. The van der Waals surface area contributed by atoms with Crippen molar-refractivity contribution in [1.29, 1.82) is 0 Å². The maximum atomic E-state index is 15.0. The van der Waals surface area contributed by atoms with Gasteiger partial charge in [-0.2, -0.15) is 4.39 Å². The van der Waals surface area contributed by atoms with Gasteiger partial charge < -0.3 is 20.1 Å². The van der Waals surface area contributed by atoms with Crippen LogP contribution in [0, 0.1) is 5.95 Å². The molecule has 0 aliphatic carbocycles. The Kier molecular flexibility index (Phi) is 5.05. The highest BCUT2D eigenvalue weighted by molar-refractivity contribution is 6.02. The summed E-state index contributed by atoms with van der Waals surface area (Å²) >= 11 is 0. The van der Waals surface area contributed by atoms with Gasteiger partial charge in [0.15, 0.2) is 0 Å². The highest BCUT2D eigenvalue weighted by atomic mass is 19.1. The van der Waals surface area contributed by atoms with E-state index in [9.17, 15) is 4.79 Å². The number of fused-ring (bicyclic) bond motifs is 3. The molecule has 2 aliphatic rings. The third-order valence-corrected chi connectivity index (χ3v) is 7.21. The largest absolute Gasteiger partial charge is 0.368 e. The van der Waals surface area contributed by atoms with E-state index in [1.807, 2.05) is 23.4 Å².